The third-order valence-electron chi connectivity index (χ3n) is 2.87. The highest BCUT2D eigenvalue weighted by Gasteiger charge is 2.17. The summed E-state index contributed by atoms with van der Waals surface area (Å²) in [5.74, 6) is 5.88. The number of rotatable bonds is 6. The standard InChI is InChI=1S/C12H16N4O2S2/c1-16(13)12(11-7-19-8-14-11)6-9-2-4-10(5-3-9)15-20(17)18/h2-5,7-8,12,15H,6,13H2,1H3,(H,17,18)/p-1/t12-/m0/s1. The van der Waals surface area contributed by atoms with Crippen LogP contribution in [0, 0.1) is 0 Å². The van der Waals surface area contributed by atoms with Crippen LogP contribution in [0.4, 0.5) is 5.69 Å². The van der Waals surface area contributed by atoms with E-state index in [-0.39, 0.29) is 6.04 Å². The Balaban J connectivity index is 2.09. The van der Waals surface area contributed by atoms with Crippen LogP contribution in [0.25, 0.3) is 0 Å². The molecule has 0 radical (unpaired) electrons. The number of anilines is 1. The Morgan fingerprint density at radius 1 is 1.50 bits per heavy atom. The molecule has 2 rings (SSSR count). The summed E-state index contributed by atoms with van der Waals surface area (Å²) in [7, 11) is 1.81. The van der Waals surface area contributed by atoms with Crippen LogP contribution in [0.3, 0.4) is 0 Å². The van der Waals surface area contributed by atoms with Gasteiger partial charge in [-0.2, -0.15) is 0 Å². The number of thiazole rings is 1. The quantitative estimate of drug-likeness (QED) is 0.478. The van der Waals surface area contributed by atoms with Gasteiger partial charge in [0.15, 0.2) is 0 Å². The molecule has 0 amide bonds. The van der Waals surface area contributed by atoms with Crippen LogP contribution < -0.4 is 10.6 Å². The van der Waals surface area contributed by atoms with Crippen molar-refractivity contribution in [2.24, 2.45) is 5.84 Å². The van der Waals surface area contributed by atoms with E-state index in [0.717, 1.165) is 11.3 Å². The molecule has 0 spiro atoms. The molecule has 1 aromatic heterocycles. The molecular formula is C12H15N4O2S2-. The summed E-state index contributed by atoms with van der Waals surface area (Å²) in [5, 5.41) is 3.61. The summed E-state index contributed by atoms with van der Waals surface area (Å²) in [4.78, 5) is 4.29. The van der Waals surface area contributed by atoms with Crippen molar-refractivity contribution in [3.63, 3.8) is 0 Å². The number of nitrogens with one attached hydrogen (secondary N) is 1. The smallest absolute Gasteiger partial charge is 0.0795 e. The Kier molecular flexibility index (Phi) is 5.21. The zero-order valence-electron chi connectivity index (χ0n) is 10.9. The van der Waals surface area contributed by atoms with Crippen molar-refractivity contribution in [2.45, 2.75) is 12.5 Å². The minimum atomic E-state index is -2.30. The Hall–Kier alpha value is -1.32. The highest BCUT2D eigenvalue weighted by atomic mass is 32.2. The zero-order chi connectivity index (χ0) is 14.5. The lowest BCUT2D eigenvalue weighted by molar-refractivity contribution is 0.246. The summed E-state index contributed by atoms with van der Waals surface area (Å²) < 4.78 is 23.4. The summed E-state index contributed by atoms with van der Waals surface area (Å²) in [5.41, 5.74) is 4.31. The molecule has 0 aliphatic carbocycles. The molecule has 0 bridgehead atoms. The van der Waals surface area contributed by atoms with Gasteiger partial charge in [0.05, 0.1) is 17.2 Å². The van der Waals surface area contributed by atoms with E-state index in [4.69, 9.17) is 5.84 Å². The van der Waals surface area contributed by atoms with Gasteiger partial charge in [-0.15, -0.1) is 11.3 Å². The minimum Gasteiger partial charge on any atom is -0.755 e. The second-order valence-corrected chi connectivity index (χ2v) is 5.72. The highest BCUT2D eigenvalue weighted by Crippen LogP contribution is 2.22. The molecule has 2 aromatic rings. The molecule has 1 aromatic carbocycles. The Morgan fingerprint density at radius 2 is 2.20 bits per heavy atom. The van der Waals surface area contributed by atoms with Crippen LogP contribution in [-0.2, 0) is 17.7 Å². The maximum Gasteiger partial charge on any atom is 0.0795 e. The predicted octanol–water partition coefficient (Wildman–Crippen LogP) is 1.44. The number of nitrogens with zero attached hydrogens (tertiary/aromatic N) is 2. The van der Waals surface area contributed by atoms with Crippen molar-refractivity contribution in [3.8, 4) is 0 Å². The second-order valence-electron chi connectivity index (χ2n) is 4.33. The maximum atomic E-state index is 10.5. The Labute approximate surface area is 124 Å². The minimum absolute atomic E-state index is 0.00583. The number of hydrogen-bond donors (Lipinski definition) is 2. The molecular weight excluding hydrogens is 296 g/mol. The van der Waals surface area contributed by atoms with Gasteiger partial charge in [0, 0.05) is 29.4 Å². The summed E-state index contributed by atoms with van der Waals surface area (Å²) >= 11 is -0.769. The number of aromatic nitrogens is 1. The van der Waals surface area contributed by atoms with Gasteiger partial charge in [-0.1, -0.05) is 12.1 Å². The van der Waals surface area contributed by atoms with Gasteiger partial charge in [0.25, 0.3) is 0 Å². The normalized spacial score (nSPS) is 14.2. The third-order valence-corrected chi connectivity index (χ3v) is 3.88. The molecule has 20 heavy (non-hydrogen) atoms. The average molecular weight is 311 g/mol. The second kappa shape index (κ2) is 6.91. The first-order chi connectivity index (χ1) is 9.56. The molecule has 6 nitrogen and oxygen atoms in total. The SMILES string of the molecule is CN(N)[C@@H](Cc1ccc(NS(=O)[O-])cc1)c1cscn1. The molecule has 0 saturated heterocycles. The molecule has 3 N–H and O–H groups in total. The van der Waals surface area contributed by atoms with E-state index in [0.29, 0.717) is 12.1 Å². The molecule has 2 atom stereocenters. The fourth-order valence-corrected chi connectivity index (χ4v) is 2.80. The van der Waals surface area contributed by atoms with Gasteiger partial charge in [-0.05, 0) is 24.1 Å². The molecule has 0 aliphatic heterocycles. The Bertz CT molecular complexity index is 557. The Morgan fingerprint density at radius 3 is 2.70 bits per heavy atom. The highest BCUT2D eigenvalue weighted by molar-refractivity contribution is 7.80. The molecule has 8 heteroatoms. The van der Waals surface area contributed by atoms with Gasteiger partial charge >= 0.3 is 0 Å². The average Bonchev–Trinajstić information content (AvgIpc) is 2.90. The van der Waals surface area contributed by atoms with Gasteiger partial charge in [0.1, 0.15) is 0 Å². The molecule has 0 saturated carbocycles. The van der Waals surface area contributed by atoms with Crippen LogP contribution in [0.2, 0.25) is 0 Å². The molecule has 0 aliphatic rings. The lowest BCUT2D eigenvalue weighted by Gasteiger charge is -2.22. The van der Waals surface area contributed by atoms with E-state index in [1.807, 2.05) is 17.5 Å². The van der Waals surface area contributed by atoms with E-state index < -0.39 is 11.3 Å². The maximum absolute atomic E-state index is 10.5. The van der Waals surface area contributed by atoms with Crippen molar-refractivity contribution in [3.05, 3.63) is 46.4 Å². The van der Waals surface area contributed by atoms with E-state index in [1.165, 1.54) is 11.3 Å². The lowest BCUT2D eigenvalue weighted by Crippen LogP contribution is -2.32. The van der Waals surface area contributed by atoms with Crippen molar-refractivity contribution in [1.29, 1.82) is 0 Å². The predicted molar refractivity (Wildman–Crippen MR) is 79.5 cm³/mol. The van der Waals surface area contributed by atoms with Gasteiger partial charge in [-0.3, -0.25) is 10.1 Å². The van der Waals surface area contributed by atoms with Gasteiger partial charge < -0.3 is 9.27 Å². The van der Waals surface area contributed by atoms with E-state index in [1.54, 1.807) is 29.7 Å². The van der Waals surface area contributed by atoms with Crippen molar-refractivity contribution >= 4 is 28.3 Å². The zero-order valence-corrected chi connectivity index (χ0v) is 12.5. The van der Waals surface area contributed by atoms with Crippen LogP contribution in [0.1, 0.15) is 17.3 Å². The summed E-state index contributed by atoms with van der Waals surface area (Å²) in [6, 6.07) is 7.18. The first-order valence-corrected chi connectivity index (χ1v) is 7.88. The third kappa shape index (κ3) is 4.09. The van der Waals surface area contributed by atoms with E-state index in [2.05, 4.69) is 9.71 Å². The summed E-state index contributed by atoms with van der Waals surface area (Å²) in [6.07, 6.45) is 0.706. The van der Waals surface area contributed by atoms with Crippen molar-refractivity contribution < 1.29 is 8.76 Å². The summed E-state index contributed by atoms with van der Waals surface area (Å²) in [6.45, 7) is 0. The van der Waals surface area contributed by atoms with Crippen molar-refractivity contribution in [1.82, 2.24) is 9.99 Å². The first kappa shape index (κ1) is 15.1. The van der Waals surface area contributed by atoms with Gasteiger partial charge in [0.2, 0.25) is 0 Å². The van der Waals surface area contributed by atoms with Crippen LogP contribution in [0.15, 0.2) is 35.2 Å². The molecule has 1 heterocycles. The number of hydrazine groups is 1. The van der Waals surface area contributed by atoms with E-state index in [9.17, 15) is 8.76 Å². The fourth-order valence-electron chi connectivity index (χ4n) is 1.87. The molecule has 0 fully saturated rings. The number of likely N-dealkylation sites (N-methyl/N-ethyl adjacent to an activating group) is 1. The van der Waals surface area contributed by atoms with Crippen LogP contribution in [-0.4, -0.2) is 25.8 Å². The topological polar surface area (TPSA) is 94.3 Å². The fraction of sp³-hybridized carbons (Fsp3) is 0.250. The monoisotopic (exact) mass is 311 g/mol. The largest absolute Gasteiger partial charge is 0.755 e. The van der Waals surface area contributed by atoms with E-state index >= 15 is 0 Å². The molecule has 108 valence electrons. The number of nitrogens with two attached hydrogens (primary N) is 1. The van der Waals surface area contributed by atoms with Crippen LogP contribution in [0.5, 0.6) is 0 Å². The number of hydrogen-bond acceptors (Lipinski definition) is 6. The molecule has 1 unspecified atom stereocenters. The van der Waals surface area contributed by atoms with Crippen LogP contribution >= 0.6 is 11.3 Å². The lowest BCUT2D eigenvalue weighted by atomic mass is 10.0. The van der Waals surface area contributed by atoms with Gasteiger partial charge in [-0.25, -0.2) is 9.99 Å². The first-order valence-electron chi connectivity index (χ1n) is 5.86. The van der Waals surface area contributed by atoms with Crippen molar-refractivity contribution in [2.75, 3.05) is 11.8 Å². The number of benzene rings is 1.